The molecule has 146 valence electrons. The number of amides is 1. The Bertz CT molecular complexity index is 868. The highest BCUT2D eigenvalue weighted by Gasteiger charge is 2.33. The normalized spacial score (nSPS) is 16.9. The molecular formula is C21H25N5O2. The number of nitrogens with zero attached hydrogens (tertiary/aromatic N) is 3. The molecule has 2 heterocycles. The zero-order valence-corrected chi connectivity index (χ0v) is 16.4. The summed E-state index contributed by atoms with van der Waals surface area (Å²) in [6, 6.07) is 9.00. The van der Waals surface area contributed by atoms with Crippen LogP contribution in [0.2, 0.25) is 0 Å². The molecule has 3 rings (SSSR count). The molecule has 7 nitrogen and oxygen atoms in total. The van der Waals surface area contributed by atoms with Gasteiger partial charge in [-0.1, -0.05) is 5.92 Å². The average molecular weight is 379 g/mol. The minimum absolute atomic E-state index is 0.297. The highest BCUT2D eigenvalue weighted by Crippen LogP contribution is 2.24. The van der Waals surface area contributed by atoms with Crippen LogP contribution >= 0.6 is 0 Å². The van der Waals surface area contributed by atoms with E-state index in [1.165, 1.54) is 0 Å². The van der Waals surface area contributed by atoms with Crippen molar-refractivity contribution in [2.75, 3.05) is 25.0 Å². The Morgan fingerprint density at radius 1 is 1.32 bits per heavy atom. The first-order valence-corrected chi connectivity index (χ1v) is 9.23. The van der Waals surface area contributed by atoms with Gasteiger partial charge in [0.2, 0.25) is 0 Å². The Balaban J connectivity index is 1.78. The molecule has 0 radical (unpaired) electrons. The number of terminal acetylenes is 1. The third-order valence-corrected chi connectivity index (χ3v) is 4.17. The van der Waals surface area contributed by atoms with E-state index in [1.807, 2.05) is 45.0 Å². The lowest BCUT2D eigenvalue weighted by Crippen LogP contribution is -2.50. The molecule has 0 spiro atoms. The van der Waals surface area contributed by atoms with E-state index in [0.717, 1.165) is 11.3 Å². The third kappa shape index (κ3) is 4.99. The van der Waals surface area contributed by atoms with Gasteiger partial charge in [-0.3, -0.25) is 4.90 Å². The number of ether oxygens (including phenoxy) is 1. The van der Waals surface area contributed by atoms with Gasteiger partial charge in [-0.15, -0.1) is 6.42 Å². The van der Waals surface area contributed by atoms with E-state index in [4.69, 9.17) is 11.2 Å². The fraction of sp³-hybridized carbons (Fsp3) is 0.381. The van der Waals surface area contributed by atoms with Crippen molar-refractivity contribution in [2.24, 2.45) is 0 Å². The molecule has 2 N–H and O–H groups in total. The van der Waals surface area contributed by atoms with Gasteiger partial charge >= 0.3 is 6.09 Å². The van der Waals surface area contributed by atoms with Gasteiger partial charge in [-0.2, -0.15) is 0 Å². The number of carbonyl (C=O) groups excluding carboxylic acids is 1. The van der Waals surface area contributed by atoms with Crippen molar-refractivity contribution < 1.29 is 9.53 Å². The summed E-state index contributed by atoms with van der Waals surface area (Å²) in [5.41, 5.74) is 1.13. The van der Waals surface area contributed by atoms with Crippen LogP contribution in [0.5, 0.6) is 0 Å². The van der Waals surface area contributed by atoms with Crippen LogP contribution in [0.15, 0.2) is 36.5 Å². The molecule has 1 unspecified atom stereocenters. The minimum Gasteiger partial charge on any atom is -0.444 e. The second-order valence-corrected chi connectivity index (χ2v) is 7.54. The standard InChI is InChI=1S/C21H25N5O2/c1-5-15-6-8-16(9-7-15)24-18-10-11-23-19(25-18)17-14-22-12-13-26(17)20(27)28-21(2,3)4/h1,6-11,17,22H,12-14H2,2-4H3,(H,23,24,25). The topological polar surface area (TPSA) is 79.4 Å². The van der Waals surface area contributed by atoms with E-state index in [9.17, 15) is 4.79 Å². The lowest BCUT2D eigenvalue weighted by molar-refractivity contribution is 0.0108. The third-order valence-electron chi connectivity index (χ3n) is 4.17. The van der Waals surface area contributed by atoms with Gasteiger partial charge in [0.05, 0.1) is 0 Å². The Kier molecular flexibility index (Phi) is 5.81. The summed E-state index contributed by atoms with van der Waals surface area (Å²) in [6.45, 7) is 7.38. The Morgan fingerprint density at radius 2 is 2.07 bits per heavy atom. The molecule has 0 saturated carbocycles. The summed E-state index contributed by atoms with van der Waals surface area (Å²) in [7, 11) is 0. The molecule has 1 atom stereocenters. The maximum absolute atomic E-state index is 12.6. The lowest BCUT2D eigenvalue weighted by atomic mass is 10.1. The van der Waals surface area contributed by atoms with Crippen molar-refractivity contribution in [3.05, 3.63) is 47.9 Å². The predicted molar refractivity (Wildman–Crippen MR) is 108 cm³/mol. The van der Waals surface area contributed by atoms with E-state index < -0.39 is 5.60 Å². The molecule has 0 bridgehead atoms. The number of aromatic nitrogens is 2. The highest BCUT2D eigenvalue weighted by molar-refractivity contribution is 5.69. The number of piperazine rings is 1. The van der Waals surface area contributed by atoms with Gasteiger partial charge < -0.3 is 15.4 Å². The van der Waals surface area contributed by atoms with Gasteiger partial charge in [0.25, 0.3) is 0 Å². The van der Waals surface area contributed by atoms with Crippen LogP contribution in [0, 0.1) is 12.3 Å². The predicted octanol–water partition coefficient (Wildman–Crippen LogP) is 3.08. The van der Waals surface area contributed by atoms with Gasteiger partial charge in [-0.25, -0.2) is 14.8 Å². The van der Waals surface area contributed by atoms with Gasteiger partial charge in [0.15, 0.2) is 5.82 Å². The molecule has 1 amide bonds. The van der Waals surface area contributed by atoms with Gasteiger partial charge in [0.1, 0.15) is 17.5 Å². The summed E-state index contributed by atoms with van der Waals surface area (Å²) in [4.78, 5) is 23.3. The monoisotopic (exact) mass is 379 g/mol. The summed E-state index contributed by atoms with van der Waals surface area (Å²) in [5, 5.41) is 6.54. The number of nitrogens with one attached hydrogen (secondary N) is 2. The van der Waals surface area contributed by atoms with Crippen molar-refractivity contribution in [3.63, 3.8) is 0 Å². The first kappa shape index (κ1) is 19.6. The van der Waals surface area contributed by atoms with Gasteiger partial charge in [-0.05, 0) is 51.1 Å². The first-order chi connectivity index (χ1) is 13.4. The largest absolute Gasteiger partial charge is 0.444 e. The van der Waals surface area contributed by atoms with Crippen LogP contribution in [-0.4, -0.2) is 46.2 Å². The molecule has 2 aromatic rings. The molecule has 1 saturated heterocycles. The van der Waals surface area contributed by atoms with Crippen molar-refractivity contribution in [1.82, 2.24) is 20.2 Å². The molecule has 1 aromatic carbocycles. The molecule has 1 fully saturated rings. The molecule has 1 aromatic heterocycles. The van der Waals surface area contributed by atoms with E-state index in [-0.39, 0.29) is 12.1 Å². The van der Waals surface area contributed by atoms with Crippen molar-refractivity contribution in [1.29, 1.82) is 0 Å². The summed E-state index contributed by atoms with van der Waals surface area (Å²) in [5.74, 6) is 3.80. The van der Waals surface area contributed by atoms with Crippen molar-refractivity contribution in [2.45, 2.75) is 32.4 Å². The highest BCUT2D eigenvalue weighted by atomic mass is 16.6. The fourth-order valence-electron chi connectivity index (χ4n) is 2.88. The summed E-state index contributed by atoms with van der Waals surface area (Å²) in [6.07, 6.45) is 6.72. The molecule has 1 aliphatic rings. The quantitative estimate of drug-likeness (QED) is 0.798. The number of anilines is 2. The number of hydrogen-bond acceptors (Lipinski definition) is 6. The van der Waals surface area contributed by atoms with Crippen LogP contribution in [0.25, 0.3) is 0 Å². The second-order valence-electron chi connectivity index (χ2n) is 7.54. The zero-order valence-electron chi connectivity index (χ0n) is 16.4. The maximum Gasteiger partial charge on any atom is 0.411 e. The van der Waals surface area contributed by atoms with E-state index in [2.05, 4.69) is 26.5 Å². The smallest absolute Gasteiger partial charge is 0.411 e. The fourth-order valence-corrected chi connectivity index (χ4v) is 2.88. The zero-order chi connectivity index (χ0) is 20.1. The van der Waals surface area contributed by atoms with Crippen LogP contribution in [0.1, 0.15) is 38.2 Å². The molecule has 0 aliphatic carbocycles. The Hall–Kier alpha value is -3.11. The molecular weight excluding hydrogens is 354 g/mol. The number of hydrogen-bond donors (Lipinski definition) is 2. The van der Waals surface area contributed by atoms with E-state index in [1.54, 1.807) is 17.2 Å². The number of benzene rings is 1. The van der Waals surface area contributed by atoms with E-state index >= 15 is 0 Å². The van der Waals surface area contributed by atoms with Crippen LogP contribution < -0.4 is 10.6 Å². The SMILES string of the molecule is C#Cc1ccc(Nc2ccnc(C3CNCCN3C(=O)OC(C)(C)C)n2)cc1. The average Bonchev–Trinajstić information content (AvgIpc) is 2.67. The van der Waals surface area contributed by atoms with Crippen molar-refractivity contribution in [3.8, 4) is 12.3 Å². The Morgan fingerprint density at radius 3 is 2.75 bits per heavy atom. The molecule has 28 heavy (non-hydrogen) atoms. The summed E-state index contributed by atoms with van der Waals surface area (Å²) < 4.78 is 5.55. The Labute approximate surface area is 165 Å². The molecule has 7 heteroatoms. The molecule has 1 aliphatic heterocycles. The van der Waals surface area contributed by atoms with E-state index in [0.29, 0.717) is 31.3 Å². The minimum atomic E-state index is -0.554. The van der Waals surface area contributed by atoms with Crippen LogP contribution in [-0.2, 0) is 4.74 Å². The number of rotatable bonds is 3. The van der Waals surface area contributed by atoms with Crippen LogP contribution in [0.3, 0.4) is 0 Å². The maximum atomic E-state index is 12.6. The van der Waals surface area contributed by atoms with Crippen LogP contribution in [0.4, 0.5) is 16.3 Å². The van der Waals surface area contributed by atoms with Gasteiger partial charge in [0, 0.05) is 37.1 Å². The first-order valence-electron chi connectivity index (χ1n) is 9.23. The van der Waals surface area contributed by atoms with Crippen molar-refractivity contribution >= 4 is 17.6 Å². The summed E-state index contributed by atoms with van der Waals surface area (Å²) >= 11 is 0. The number of carbonyl (C=O) groups is 1. The lowest BCUT2D eigenvalue weighted by Gasteiger charge is -2.36. The second kappa shape index (κ2) is 8.28.